The molecule has 0 spiro atoms. The van der Waals surface area contributed by atoms with Crippen molar-refractivity contribution in [1.82, 2.24) is 9.80 Å². The molecule has 0 radical (unpaired) electrons. The van der Waals surface area contributed by atoms with E-state index in [2.05, 4.69) is 4.90 Å². The molecule has 1 aromatic rings. The van der Waals surface area contributed by atoms with Crippen LogP contribution in [0.3, 0.4) is 0 Å². The second kappa shape index (κ2) is 6.95. The van der Waals surface area contributed by atoms with E-state index in [9.17, 15) is 13.6 Å². The Hall–Kier alpha value is -1.53. The lowest BCUT2D eigenvalue weighted by atomic mass is 10.1. The summed E-state index contributed by atoms with van der Waals surface area (Å²) in [4.78, 5) is 14.8. The average molecular weight is 298 g/mol. The Bertz CT molecular complexity index is 490. The van der Waals surface area contributed by atoms with Crippen molar-refractivity contribution in [3.05, 3.63) is 35.4 Å². The van der Waals surface area contributed by atoms with E-state index in [-0.39, 0.29) is 12.6 Å². The number of carboxylic acids is 1. The summed E-state index contributed by atoms with van der Waals surface area (Å²) >= 11 is 0. The molecular weight excluding hydrogens is 278 g/mol. The highest BCUT2D eigenvalue weighted by Gasteiger charge is 2.21. The van der Waals surface area contributed by atoms with E-state index < -0.39 is 17.6 Å². The van der Waals surface area contributed by atoms with Gasteiger partial charge in [0.2, 0.25) is 0 Å². The standard InChI is InChI=1S/C15H20F2N2O2/c1-11(12-7-13(16)9-14(17)8-12)19-4-2-3-18(5-6-19)10-15(20)21/h7-9,11H,2-6,10H2,1H3,(H,20,21). The number of benzene rings is 1. The molecule has 1 unspecified atom stereocenters. The molecule has 0 bridgehead atoms. The normalized spacial score (nSPS) is 19.2. The summed E-state index contributed by atoms with van der Waals surface area (Å²) in [5, 5.41) is 8.83. The van der Waals surface area contributed by atoms with Crippen LogP contribution < -0.4 is 0 Å². The third-order valence-electron chi connectivity index (χ3n) is 3.90. The largest absolute Gasteiger partial charge is 0.480 e. The first-order chi connectivity index (χ1) is 9.95. The van der Waals surface area contributed by atoms with Crippen LogP contribution in [-0.4, -0.2) is 53.6 Å². The summed E-state index contributed by atoms with van der Waals surface area (Å²) < 4.78 is 26.6. The lowest BCUT2D eigenvalue weighted by Crippen LogP contribution is -2.35. The molecule has 1 saturated heterocycles. The molecule has 1 atom stereocenters. The zero-order chi connectivity index (χ0) is 15.4. The molecule has 0 saturated carbocycles. The van der Waals surface area contributed by atoms with E-state index in [4.69, 9.17) is 5.11 Å². The number of carbonyl (C=O) groups is 1. The molecule has 0 amide bonds. The first-order valence-corrected chi connectivity index (χ1v) is 7.10. The summed E-state index contributed by atoms with van der Waals surface area (Å²) in [5.74, 6) is -1.97. The predicted molar refractivity (Wildman–Crippen MR) is 75.0 cm³/mol. The number of halogens is 2. The highest BCUT2D eigenvalue weighted by atomic mass is 19.1. The van der Waals surface area contributed by atoms with Crippen molar-refractivity contribution >= 4 is 5.97 Å². The maximum atomic E-state index is 13.3. The van der Waals surface area contributed by atoms with Gasteiger partial charge in [0.1, 0.15) is 11.6 Å². The van der Waals surface area contributed by atoms with E-state index in [1.807, 2.05) is 11.8 Å². The second-order valence-electron chi connectivity index (χ2n) is 5.44. The van der Waals surface area contributed by atoms with Crippen LogP contribution in [0.4, 0.5) is 8.78 Å². The average Bonchev–Trinajstić information content (AvgIpc) is 2.61. The van der Waals surface area contributed by atoms with Crippen LogP contribution in [0.1, 0.15) is 24.9 Å². The van der Waals surface area contributed by atoms with Crippen molar-refractivity contribution in [1.29, 1.82) is 0 Å². The fourth-order valence-corrected chi connectivity index (χ4v) is 2.75. The van der Waals surface area contributed by atoms with Gasteiger partial charge < -0.3 is 5.11 Å². The van der Waals surface area contributed by atoms with Gasteiger partial charge in [0.15, 0.2) is 0 Å². The van der Waals surface area contributed by atoms with Crippen LogP contribution in [0.5, 0.6) is 0 Å². The summed E-state index contributed by atoms with van der Waals surface area (Å²) in [5.41, 5.74) is 0.610. The van der Waals surface area contributed by atoms with Gasteiger partial charge in [-0.3, -0.25) is 14.6 Å². The molecule has 2 rings (SSSR count). The number of carboxylic acid groups (broad SMARTS) is 1. The maximum absolute atomic E-state index is 13.3. The first kappa shape index (κ1) is 15.9. The Kier molecular flexibility index (Phi) is 5.25. The van der Waals surface area contributed by atoms with Crippen molar-refractivity contribution in [3.8, 4) is 0 Å². The van der Waals surface area contributed by atoms with Crippen LogP contribution in [-0.2, 0) is 4.79 Å². The van der Waals surface area contributed by atoms with Crippen molar-refractivity contribution < 1.29 is 18.7 Å². The second-order valence-corrected chi connectivity index (χ2v) is 5.44. The van der Waals surface area contributed by atoms with Gasteiger partial charge >= 0.3 is 5.97 Å². The molecule has 1 fully saturated rings. The summed E-state index contributed by atoms with van der Waals surface area (Å²) in [6.07, 6.45) is 0.843. The fraction of sp³-hybridized carbons (Fsp3) is 0.533. The van der Waals surface area contributed by atoms with Crippen LogP contribution >= 0.6 is 0 Å². The van der Waals surface area contributed by atoms with Gasteiger partial charge in [0.05, 0.1) is 6.54 Å². The number of rotatable bonds is 4. The maximum Gasteiger partial charge on any atom is 0.317 e. The van der Waals surface area contributed by atoms with Gasteiger partial charge in [-0.15, -0.1) is 0 Å². The minimum absolute atomic E-state index is 0.0385. The Morgan fingerprint density at radius 2 is 1.86 bits per heavy atom. The van der Waals surface area contributed by atoms with Crippen molar-refractivity contribution in [2.75, 3.05) is 32.7 Å². The highest BCUT2D eigenvalue weighted by molar-refractivity contribution is 5.69. The van der Waals surface area contributed by atoms with Crippen LogP contribution in [0.15, 0.2) is 18.2 Å². The molecule has 6 heteroatoms. The summed E-state index contributed by atoms with van der Waals surface area (Å²) in [6, 6.07) is 3.48. The quantitative estimate of drug-likeness (QED) is 0.925. The Labute approximate surface area is 123 Å². The van der Waals surface area contributed by atoms with E-state index in [1.54, 1.807) is 0 Å². The first-order valence-electron chi connectivity index (χ1n) is 7.10. The van der Waals surface area contributed by atoms with Crippen molar-refractivity contribution in [3.63, 3.8) is 0 Å². The van der Waals surface area contributed by atoms with E-state index in [1.165, 1.54) is 12.1 Å². The van der Waals surface area contributed by atoms with Gasteiger partial charge in [0.25, 0.3) is 0 Å². The van der Waals surface area contributed by atoms with Crippen molar-refractivity contribution in [2.45, 2.75) is 19.4 Å². The van der Waals surface area contributed by atoms with Crippen molar-refractivity contribution in [2.24, 2.45) is 0 Å². The Morgan fingerprint density at radius 3 is 2.48 bits per heavy atom. The third kappa shape index (κ3) is 4.47. The zero-order valence-electron chi connectivity index (χ0n) is 12.1. The highest BCUT2D eigenvalue weighted by Crippen LogP contribution is 2.23. The molecule has 4 nitrogen and oxygen atoms in total. The molecule has 0 aromatic heterocycles. The number of nitrogens with zero attached hydrogens (tertiary/aromatic N) is 2. The van der Waals surface area contributed by atoms with Gasteiger partial charge in [-0.05, 0) is 31.0 Å². The molecule has 21 heavy (non-hydrogen) atoms. The minimum atomic E-state index is -0.830. The Morgan fingerprint density at radius 1 is 1.19 bits per heavy atom. The predicted octanol–water partition coefficient (Wildman–Crippen LogP) is 2.12. The molecule has 1 aliphatic rings. The van der Waals surface area contributed by atoms with Gasteiger partial charge in [-0.1, -0.05) is 0 Å². The summed E-state index contributed by atoms with van der Waals surface area (Å²) in [7, 11) is 0. The van der Waals surface area contributed by atoms with Crippen LogP contribution in [0.25, 0.3) is 0 Å². The molecule has 0 aliphatic carbocycles. The smallest absolute Gasteiger partial charge is 0.317 e. The lowest BCUT2D eigenvalue weighted by molar-refractivity contribution is -0.138. The van der Waals surface area contributed by atoms with E-state index >= 15 is 0 Å². The molecule has 1 aromatic carbocycles. The number of hydrogen-bond acceptors (Lipinski definition) is 3. The summed E-state index contributed by atoms with van der Waals surface area (Å²) in [6.45, 7) is 4.81. The molecule has 1 aliphatic heterocycles. The van der Waals surface area contributed by atoms with Gasteiger partial charge in [-0.2, -0.15) is 0 Å². The number of hydrogen-bond donors (Lipinski definition) is 1. The molecule has 116 valence electrons. The van der Waals surface area contributed by atoms with Gasteiger partial charge in [0, 0.05) is 38.3 Å². The van der Waals surface area contributed by atoms with E-state index in [0.29, 0.717) is 18.7 Å². The third-order valence-corrected chi connectivity index (χ3v) is 3.90. The van der Waals surface area contributed by atoms with Gasteiger partial charge in [-0.25, -0.2) is 8.78 Å². The van der Waals surface area contributed by atoms with E-state index in [0.717, 1.165) is 25.6 Å². The number of aliphatic carboxylic acids is 1. The molecule has 1 heterocycles. The topological polar surface area (TPSA) is 43.8 Å². The fourth-order valence-electron chi connectivity index (χ4n) is 2.75. The van der Waals surface area contributed by atoms with Crippen LogP contribution in [0, 0.1) is 11.6 Å². The van der Waals surface area contributed by atoms with Crippen LogP contribution in [0.2, 0.25) is 0 Å². The Balaban J connectivity index is 2.02. The SMILES string of the molecule is CC(c1cc(F)cc(F)c1)N1CCCN(CC(=O)O)CC1. The molecule has 1 N–H and O–H groups in total. The molecular formula is C15H20F2N2O2. The minimum Gasteiger partial charge on any atom is -0.480 e. The monoisotopic (exact) mass is 298 g/mol. The lowest BCUT2D eigenvalue weighted by Gasteiger charge is -2.28. The zero-order valence-corrected chi connectivity index (χ0v) is 12.1.